The van der Waals surface area contributed by atoms with Gasteiger partial charge in [0, 0.05) is 19.4 Å². The van der Waals surface area contributed by atoms with Gasteiger partial charge in [-0.2, -0.15) is 0 Å². The summed E-state index contributed by atoms with van der Waals surface area (Å²) in [4.78, 5) is 11.2. The summed E-state index contributed by atoms with van der Waals surface area (Å²) < 4.78 is 5.14. The first-order valence-electron chi connectivity index (χ1n) is 6.64. The van der Waals surface area contributed by atoms with Crippen molar-refractivity contribution < 1.29 is 9.53 Å². The maximum Gasteiger partial charge on any atom is 0.407 e. The van der Waals surface area contributed by atoms with Crippen molar-refractivity contribution in [1.82, 2.24) is 5.32 Å². The van der Waals surface area contributed by atoms with E-state index in [9.17, 15) is 4.79 Å². The van der Waals surface area contributed by atoms with Gasteiger partial charge >= 0.3 is 6.09 Å². The van der Waals surface area contributed by atoms with Gasteiger partial charge in [0.25, 0.3) is 0 Å². The van der Waals surface area contributed by atoms with E-state index < -0.39 is 0 Å². The molecule has 1 aliphatic rings. The van der Waals surface area contributed by atoms with Crippen LogP contribution in [0.5, 0.6) is 0 Å². The number of alkyl carbamates (subject to hydrolysis) is 1. The van der Waals surface area contributed by atoms with Gasteiger partial charge in [-0.05, 0) is 31.1 Å². The lowest BCUT2D eigenvalue weighted by molar-refractivity contribution is 0.139. The topological polar surface area (TPSA) is 38.3 Å². The van der Waals surface area contributed by atoms with E-state index in [4.69, 9.17) is 4.74 Å². The van der Waals surface area contributed by atoms with Gasteiger partial charge in [-0.25, -0.2) is 4.79 Å². The Morgan fingerprint density at radius 1 is 1.35 bits per heavy atom. The second-order valence-corrected chi connectivity index (χ2v) is 4.53. The van der Waals surface area contributed by atoms with Crippen LogP contribution in [0.25, 0.3) is 0 Å². The van der Waals surface area contributed by atoms with Crippen LogP contribution in [0.4, 0.5) is 4.79 Å². The molecule has 0 saturated heterocycles. The van der Waals surface area contributed by atoms with Crippen molar-refractivity contribution in [3.05, 3.63) is 0 Å². The summed E-state index contributed by atoms with van der Waals surface area (Å²) in [5.41, 5.74) is 0. The zero-order valence-corrected chi connectivity index (χ0v) is 10.9. The Kier molecular flexibility index (Phi) is 6.54. The first-order valence-corrected chi connectivity index (χ1v) is 6.64. The standard InChI is InChI=1S/C14H23NO2/c1-3-5-6-7-8-12-10-13(12)11-17-14(16)15-9-4-2/h12-13H,3-4,7-11H2,1-2H3,(H,15,16). The van der Waals surface area contributed by atoms with Crippen molar-refractivity contribution in [3.63, 3.8) is 0 Å². The van der Waals surface area contributed by atoms with Gasteiger partial charge in [-0.3, -0.25) is 0 Å². The van der Waals surface area contributed by atoms with Crippen molar-refractivity contribution in [2.24, 2.45) is 11.8 Å². The SMILES string of the molecule is CCC#CCCC1CC1COC(=O)NCCC. The molecule has 0 radical (unpaired) electrons. The van der Waals surface area contributed by atoms with E-state index in [-0.39, 0.29) is 6.09 Å². The molecule has 0 aliphatic heterocycles. The van der Waals surface area contributed by atoms with Gasteiger partial charge in [-0.1, -0.05) is 13.8 Å². The van der Waals surface area contributed by atoms with Crippen molar-refractivity contribution in [3.8, 4) is 11.8 Å². The fraction of sp³-hybridized carbons (Fsp3) is 0.786. The van der Waals surface area contributed by atoms with Gasteiger partial charge in [0.15, 0.2) is 0 Å². The molecule has 1 N–H and O–H groups in total. The molecule has 1 rings (SSSR count). The number of carbonyl (C=O) groups excluding carboxylic acids is 1. The number of amides is 1. The second-order valence-electron chi connectivity index (χ2n) is 4.53. The first-order chi connectivity index (χ1) is 8.27. The molecule has 3 heteroatoms. The summed E-state index contributed by atoms with van der Waals surface area (Å²) in [5.74, 6) is 7.52. The first kappa shape index (κ1) is 13.9. The molecule has 0 heterocycles. The minimum absolute atomic E-state index is 0.275. The van der Waals surface area contributed by atoms with E-state index in [1.807, 2.05) is 6.92 Å². The maximum absolute atomic E-state index is 11.2. The molecule has 1 amide bonds. The minimum Gasteiger partial charge on any atom is -0.449 e. The van der Waals surface area contributed by atoms with Crippen LogP contribution in [0.15, 0.2) is 0 Å². The van der Waals surface area contributed by atoms with Crippen molar-refractivity contribution in [2.45, 2.75) is 46.0 Å². The van der Waals surface area contributed by atoms with Crippen LogP contribution < -0.4 is 5.32 Å². The van der Waals surface area contributed by atoms with Crippen LogP contribution in [-0.2, 0) is 4.74 Å². The molecular formula is C14H23NO2. The highest BCUT2D eigenvalue weighted by molar-refractivity contribution is 5.67. The Balaban J connectivity index is 1.98. The summed E-state index contributed by atoms with van der Waals surface area (Å²) in [6.45, 7) is 5.35. The lowest BCUT2D eigenvalue weighted by Crippen LogP contribution is -2.25. The Bertz CT molecular complexity index is 290. The van der Waals surface area contributed by atoms with Crippen LogP contribution in [0.2, 0.25) is 0 Å². The van der Waals surface area contributed by atoms with E-state index in [2.05, 4.69) is 24.1 Å². The molecule has 96 valence electrons. The molecule has 2 atom stereocenters. The lowest BCUT2D eigenvalue weighted by atomic mass is 10.2. The van der Waals surface area contributed by atoms with Crippen molar-refractivity contribution >= 4 is 6.09 Å². The van der Waals surface area contributed by atoms with Gasteiger partial charge in [0.1, 0.15) is 0 Å². The molecule has 0 aromatic rings. The average molecular weight is 237 g/mol. The number of hydrogen-bond donors (Lipinski definition) is 1. The molecule has 0 spiro atoms. The fourth-order valence-corrected chi connectivity index (χ4v) is 1.80. The fourth-order valence-electron chi connectivity index (χ4n) is 1.80. The summed E-state index contributed by atoms with van der Waals surface area (Å²) in [6.07, 6.45) is 4.93. The van der Waals surface area contributed by atoms with Gasteiger partial charge in [-0.15, -0.1) is 11.8 Å². The van der Waals surface area contributed by atoms with E-state index in [1.54, 1.807) is 0 Å². The van der Waals surface area contributed by atoms with Gasteiger partial charge in [0.2, 0.25) is 0 Å². The molecule has 1 aliphatic carbocycles. The van der Waals surface area contributed by atoms with Gasteiger partial charge < -0.3 is 10.1 Å². The molecule has 2 unspecified atom stereocenters. The predicted molar refractivity (Wildman–Crippen MR) is 68.5 cm³/mol. The molecule has 0 bridgehead atoms. The number of ether oxygens (including phenoxy) is 1. The zero-order chi connectivity index (χ0) is 12.5. The number of hydrogen-bond acceptors (Lipinski definition) is 2. The quantitative estimate of drug-likeness (QED) is 0.721. The molecule has 0 aromatic heterocycles. The van der Waals surface area contributed by atoms with Crippen molar-refractivity contribution in [1.29, 1.82) is 0 Å². The van der Waals surface area contributed by atoms with Crippen LogP contribution in [0.3, 0.4) is 0 Å². The number of rotatable bonds is 6. The van der Waals surface area contributed by atoms with Crippen molar-refractivity contribution in [2.75, 3.05) is 13.2 Å². The van der Waals surface area contributed by atoms with E-state index in [0.717, 1.165) is 31.6 Å². The number of carbonyl (C=O) groups is 1. The summed E-state index contributed by atoms with van der Waals surface area (Å²) in [5, 5.41) is 2.71. The summed E-state index contributed by atoms with van der Waals surface area (Å²) in [6, 6.07) is 0. The molecular weight excluding hydrogens is 214 g/mol. The van der Waals surface area contributed by atoms with Crippen LogP contribution in [0.1, 0.15) is 46.0 Å². The average Bonchev–Trinajstić information content (AvgIpc) is 3.08. The third-order valence-corrected chi connectivity index (χ3v) is 2.96. The Morgan fingerprint density at radius 3 is 2.88 bits per heavy atom. The highest BCUT2D eigenvalue weighted by Crippen LogP contribution is 2.41. The number of nitrogens with one attached hydrogen (secondary N) is 1. The summed E-state index contributed by atoms with van der Waals surface area (Å²) in [7, 11) is 0. The Labute approximate surface area is 104 Å². The van der Waals surface area contributed by atoms with E-state index >= 15 is 0 Å². The second kappa shape index (κ2) is 8.00. The smallest absolute Gasteiger partial charge is 0.407 e. The minimum atomic E-state index is -0.275. The Morgan fingerprint density at radius 2 is 2.18 bits per heavy atom. The monoisotopic (exact) mass is 237 g/mol. The molecule has 3 nitrogen and oxygen atoms in total. The highest BCUT2D eigenvalue weighted by atomic mass is 16.5. The zero-order valence-electron chi connectivity index (χ0n) is 10.9. The largest absolute Gasteiger partial charge is 0.449 e. The summed E-state index contributed by atoms with van der Waals surface area (Å²) >= 11 is 0. The van der Waals surface area contributed by atoms with E-state index in [0.29, 0.717) is 19.1 Å². The predicted octanol–water partition coefficient (Wildman–Crippen LogP) is 2.95. The maximum atomic E-state index is 11.2. The third kappa shape index (κ3) is 6.21. The Hall–Kier alpha value is -1.17. The van der Waals surface area contributed by atoms with Crippen LogP contribution >= 0.6 is 0 Å². The van der Waals surface area contributed by atoms with Gasteiger partial charge in [0.05, 0.1) is 6.61 Å². The lowest BCUT2D eigenvalue weighted by Gasteiger charge is -2.05. The van der Waals surface area contributed by atoms with E-state index in [1.165, 1.54) is 6.42 Å². The molecule has 17 heavy (non-hydrogen) atoms. The molecule has 1 saturated carbocycles. The normalized spacial score (nSPS) is 21.3. The van der Waals surface area contributed by atoms with Crippen LogP contribution in [0, 0.1) is 23.7 Å². The molecule has 1 fully saturated rings. The third-order valence-electron chi connectivity index (χ3n) is 2.96. The highest BCUT2D eigenvalue weighted by Gasteiger charge is 2.37. The molecule has 0 aromatic carbocycles. The van der Waals surface area contributed by atoms with Crippen LogP contribution in [-0.4, -0.2) is 19.2 Å².